The number of thiazole rings is 1. The standard InChI is InChI=1S/C17H16N2O3S3/c1-4-22-17(21)13-9(2)8-12(24-13)19-15(20)14-10(3)18-16(25-14)11-6-5-7-23-11/h5-8H,4H2,1-3H3,(H,19,20). The molecule has 0 radical (unpaired) electrons. The van der Waals surface area contributed by atoms with Gasteiger partial charge in [0, 0.05) is 0 Å². The van der Waals surface area contributed by atoms with Crippen molar-refractivity contribution in [3.63, 3.8) is 0 Å². The van der Waals surface area contributed by atoms with Gasteiger partial charge in [0.15, 0.2) is 0 Å². The van der Waals surface area contributed by atoms with Crippen molar-refractivity contribution in [1.29, 1.82) is 0 Å². The highest BCUT2D eigenvalue weighted by Crippen LogP contribution is 2.32. The van der Waals surface area contributed by atoms with Gasteiger partial charge in [-0.1, -0.05) is 6.07 Å². The fourth-order valence-corrected chi connectivity index (χ4v) is 4.94. The predicted molar refractivity (Wildman–Crippen MR) is 103 cm³/mol. The lowest BCUT2D eigenvalue weighted by Gasteiger charge is -2.00. The van der Waals surface area contributed by atoms with Gasteiger partial charge >= 0.3 is 5.97 Å². The minimum Gasteiger partial charge on any atom is -0.462 e. The molecule has 3 heterocycles. The summed E-state index contributed by atoms with van der Waals surface area (Å²) in [5.41, 5.74) is 1.49. The number of hydrogen-bond acceptors (Lipinski definition) is 7. The van der Waals surface area contributed by atoms with Crippen LogP contribution in [-0.4, -0.2) is 23.5 Å². The topological polar surface area (TPSA) is 68.3 Å². The fraction of sp³-hybridized carbons (Fsp3) is 0.235. The fourth-order valence-electron chi connectivity index (χ4n) is 2.22. The number of aryl methyl sites for hydroxylation is 2. The zero-order valence-corrected chi connectivity index (χ0v) is 16.4. The lowest BCUT2D eigenvalue weighted by atomic mass is 10.3. The van der Waals surface area contributed by atoms with E-state index in [9.17, 15) is 9.59 Å². The maximum atomic E-state index is 12.6. The van der Waals surface area contributed by atoms with Crippen molar-refractivity contribution >= 4 is 50.9 Å². The molecular formula is C17H16N2O3S3. The zero-order valence-electron chi connectivity index (χ0n) is 13.9. The molecule has 0 fully saturated rings. The van der Waals surface area contributed by atoms with Crippen molar-refractivity contribution in [2.75, 3.05) is 11.9 Å². The number of carbonyl (C=O) groups is 2. The molecule has 0 aliphatic rings. The summed E-state index contributed by atoms with van der Waals surface area (Å²) in [4.78, 5) is 31.1. The SMILES string of the molecule is CCOC(=O)c1sc(NC(=O)c2sc(-c3cccs3)nc2C)cc1C. The lowest BCUT2D eigenvalue weighted by molar-refractivity contribution is 0.0531. The third-order valence-electron chi connectivity index (χ3n) is 3.35. The van der Waals surface area contributed by atoms with Gasteiger partial charge in [-0.05, 0) is 43.8 Å². The molecule has 130 valence electrons. The van der Waals surface area contributed by atoms with E-state index in [1.165, 1.54) is 22.7 Å². The summed E-state index contributed by atoms with van der Waals surface area (Å²) in [6.45, 7) is 5.74. The molecule has 0 aromatic carbocycles. The van der Waals surface area contributed by atoms with Gasteiger partial charge in [0.25, 0.3) is 5.91 Å². The van der Waals surface area contributed by atoms with Gasteiger partial charge in [0.1, 0.15) is 14.8 Å². The Labute approximate surface area is 157 Å². The number of amides is 1. The summed E-state index contributed by atoms with van der Waals surface area (Å²) < 4.78 is 5.03. The number of ether oxygens (including phenoxy) is 1. The molecule has 3 rings (SSSR count). The van der Waals surface area contributed by atoms with E-state index in [0.717, 1.165) is 15.4 Å². The first-order valence-corrected chi connectivity index (χ1v) is 10.1. The number of thiophene rings is 2. The highest BCUT2D eigenvalue weighted by atomic mass is 32.1. The monoisotopic (exact) mass is 392 g/mol. The van der Waals surface area contributed by atoms with Crippen LogP contribution in [-0.2, 0) is 4.74 Å². The van der Waals surface area contributed by atoms with Gasteiger partial charge < -0.3 is 10.1 Å². The van der Waals surface area contributed by atoms with Crippen LogP contribution in [0.3, 0.4) is 0 Å². The van der Waals surface area contributed by atoms with Crippen molar-refractivity contribution in [3.05, 3.63) is 44.6 Å². The van der Waals surface area contributed by atoms with Gasteiger partial charge in [0.05, 0.1) is 22.2 Å². The van der Waals surface area contributed by atoms with E-state index in [2.05, 4.69) is 10.3 Å². The molecule has 0 atom stereocenters. The molecule has 0 saturated heterocycles. The number of nitrogens with one attached hydrogen (secondary N) is 1. The quantitative estimate of drug-likeness (QED) is 0.622. The average molecular weight is 393 g/mol. The lowest BCUT2D eigenvalue weighted by Crippen LogP contribution is -2.10. The van der Waals surface area contributed by atoms with Crippen LogP contribution in [0.2, 0.25) is 0 Å². The third-order valence-corrected chi connectivity index (χ3v) is 6.68. The highest BCUT2D eigenvalue weighted by molar-refractivity contribution is 7.22. The number of carbonyl (C=O) groups excluding carboxylic acids is 2. The van der Waals surface area contributed by atoms with Crippen LogP contribution >= 0.6 is 34.0 Å². The summed E-state index contributed by atoms with van der Waals surface area (Å²) in [6, 6.07) is 5.73. The smallest absolute Gasteiger partial charge is 0.348 e. The van der Waals surface area contributed by atoms with Gasteiger partial charge in [-0.3, -0.25) is 4.79 Å². The van der Waals surface area contributed by atoms with Crippen LogP contribution in [0.4, 0.5) is 5.00 Å². The molecule has 0 spiro atoms. The molecule has 1 amide bonds. The highest BCUT2D eigenvalue weighted by Gasteiger charge is 2.20. The van der Waals surface area contributed by atoms with E-state index in [1.807, 2.05) is 31.4 Å². The van der Waals surface area contributed by atoms with Crippen LogP contribution in [0.1, 0.15) is 37.5 Å². The van der Waals surface area contributed by atoms with E-state index in [4.69, 9.17) is 4.74 Å². The second-order valence-corrected chi connectivity index (χ2v) is 8.21. The van der Waals surface area contributed by atoms with Crippen LogP contribution in [0.15, 0.2) is 23.6 Å². The average Bonchev–Trinajstić information content (AvgIpc) is 3.27. The predicted octanol–water partition coefficient (Wildman–Crippen LogP) is 4.98. The summed E-state index contributed by atoms with van der Waals surface area (Å²) in [5.74, 6) is -0.575. The molecule has 3 aromatic rings. The van der Waals surface area contributed by atoms with Gasteiger partial charge in [-0.15, -0.1) is 34.0 Å². The number of aromatic nitrogens is 1. The largest absolute Gasteiger partial charge is 0.462 e. The molecule has 0 unspecified atom stereocenters. The maximum Gasteiger partial charge on any atom is 0.348 e. The first-order chi connectivity index (χ1) is 12.0. The number of esters is 1. The van der Waals surface area contributed by atoms with Crippen LogP contribution in [0, 0.1) is 13.8 Å². The molecule has 5 nitrogen and oxygen atoms in total. The zero-order chi connectivity index (χ0) is 18.0. The van der Waals surface area contributed by atoms with Crippen LogP contribution in [0.25, 0.3) is 9.88 Å². The first-order valence-electron chi connectivity index (χ1n) is 7.59. The van der Waals surface area contributed by atoms with Gasteiger partial charge in [0.2, 0.25) is 0 Å². The normalized spacial score (nSPS) is 10.7. The number of anilines is 1. The van der Waals surface area contributed by atoms with Crippen LogP contribution < -0.4 is 5.32 Å². The summed E-state index contributed by atoms with van der Waals surface area (Å²) >= 11 is 4.18. The second kappa shape index (κ2) is 7.47. The maximum absolute atomic E-state index is 12.6. The molecule has 25 heavy (non-hydrogen) atoms. The molecular weight excluding hydrogens is 376 g/mol. The summed E-state index contributed by atoms with van der Waals surface area (Å²) in [7, 11) is 0. The summed E-state index contributed by atoms with van der Waals surface area (Å²) in [5, 5.41) is 6.31. The first kappa shape index (κ1) is 17.8. The van der Waals surface area contributed by atoms with Gasteiger partial charge in [-0.25, -0.2) is 9.78 Å². The van der Waals surface area contributed by atoms with Crippen molar-refractivity contribution in [1.82, 2.24) is 4.98 Å². The third kappa shape index (κ3) is 3.81. The van der Waals surface area contributed by atoms with Crippen molar-refractivity contribution < 1.29 is 14.3 Å². The van der Waals surface area contributed by atoms with Crippen LogP contribution in [0.5, 0.6) is 0 Å². The Bertz CT molecular complexity index is 910. The summed E-state index contributed by atoms with van der Waals surface area (Å²) in [6.07, 6.45) is 0. The molecule has 0 aliphatic carbocycles. The van der Waals surface area contributed by atoms with E-state index in [-0.39, 0.29) is 11.9 Å². The molecule has 0 aliphatic heterocycles. The number of hydrogen-bond donors (Lipinski definition) is 1. The van der Waals surface area contributed by atoms with E-state index < -0.39 is 0 Å². The Morgan fingerprint density at radius 2 is 2.04 bits per heavy atom. The number of rotatable bonds is 5. The molecule has 3 aromatic heterocycles. The van der Waals surface area contributed by atoms with Crippen molar-refractivity contribution in [2.45, 2.75) is 20.8 Å². The molecule has 1 N–H and O–H groups in total. The Morgan fingerprint density at radius 1 is 1.24 bits per heavy atom. The van der Waals surface area contributed by atoms with Crippen molar-refractivity contribution in [2.24, 2.45) is 0 Å². The minimum atomic E-state index is -0.362. The van der Waals surface area contributed by atoms with E-state index in [1.54, 1.807) is 24.3 Å². The Kier molecular flexibility index (Phi) is 5.31. The van der Waals surface area contributed by atoms with Gasteiger partial charge in [-0.2, -0.15) is 0 Å². The Morgan fingerprint density at radius 3 is 2.72 bits per heavy atom. The van der Waals surface area contributed by atoms with Crippen molar-refractivity contribution in [3.8, 4) is 9.88 Å². The Hall–Kier alpha value is -2.03. The number of nitrogens with zero attached hydrogens (tertiary/aromatic N) is 1. The Balaban J connectivity index is 1.79. The molecule has 0 bridgehead atoms. The molecule has 0 saturated carbocycles. The van der Waals surface area contributed by atoms with E-state index in [0.29, 0.717) is 27.1 Å². The minimum absolute atomic E-state index is 0.213. The van der Waals surface area contributed by atoms with E-state index >= 15 is 0 Å². The second-order valence-electron chi connectivity index (χ2n) is 5.21. The molecule has 8 heteroatoms.